The van der Waals surface area contributed by atoms with E-state index in [0.717, 1.165) is 40.4 Å². The van der Waals surface area contributed by atoms with Crippen molar-refractivity contribution < 1.29 is 22.7 Å². The smallest absolute Gasteiger partial charge is 0.330 e. The standard InChI is InChI=1S/C27H27ClN6O5S2/c28-18-5-4-17-9-25(40-23(17)10-18)41(37,38)33-12-22(27(36)39-14-19-2-1-7-30-19)34(24(35)13-33)11-16-3-6-20-21(8-16)31-15-32-26(20)29/h3-6,8-10,15,19,22,30H,1-2,7,11-14H2,(H2,29,31,32). The van der Waals surface area contributed by atoms with Crippen molar-refractivity contribution in [1.82, 2.24) is 24.5 Å². The van der Waals surface area contributed by atoms with Gasteiger partial charge in [0.15, 0.2) is 0 Å². The van der Waals surface area contributed by atoms with E-state index in [1.54, 1.807) is 42.5 Å². The van der Waals surface area contributed by atoms with Crippen molar-refractivity contribution in [3.05, 3.63) is 59.4 Å². The molecule has 11 nitrogen and oxygen atoms in total. The van der Waals surface area contributed by atoms with Crippen molar-refractivity contribution >= 4 is 71.6 Å². The minimum atomic E-state index is -4.09. The van der Waals surface area contributed by atoms with Crippen LogP contribution in [0.15, 0.2) is 53.0 Å². The van der Waals surface area contributed by atoms with E-state index in [1.807, 2.05) is 0 Å². The number of piperazine rings is 1. The van der Waals surface area contributed by atoms with Gasteiger partial charge in [-0.05, 0) is 60.7 Å². The second-order valence-electron chi connectivity index (χ2n) is 10.1. The van der Waals surface area contributed by atoms with Gasteiger partial charge in [0.2, 0.25) is 5.91 Å². The van der Waals surface area contributed by atoms with Crippen LogP contribution in [-0.4, -0.2) is 77.8 Å². The first-order valence-electron chi connectivity index (χ1n) is 13.1. The lowest BCUT2D eigenvalue weighted by molar-refractivity contribution is -0.159. The lowest BCUT2D eigenvalue weighted by atomic mass is 10.1. The van der Waals surface area contributed by atoms with Crippen LogP contribution in [0.25, 0.3) is 21.0 Å². The normalized spacial score (nSPS) is 20.2. The SMILES string of the molecule is Nc1ncnc2cc(CN3C(=O)CN(S(=O)(=O)c4cc5ccc(Cl)cc5s4)CC3C(=O)OCC3CCCN3)ccc12. The molecule has 2 fully saturated rings. The molecule has 2 aliphatic rings. The van der Waals surface area contributed by atoms with Crippen molar-refractivity contribution in [2.75, 3.05) is 32.0 Å². The molecule has 41 heavy (non-hydrogen) atoms. The number of amides is 1. The quantitative estimate of drug-likeness (QED) is 0.300. The molecule has 2 atom stereocenters. The number of hydrogen-bond donors (Lipinski definition) is 2. The minimum absolute atomic E-state index is 0.0301. The highest BCUT2D eigenvalue weighted by molar-refractivity contribution is 7.91. The molecular weight excluding hydrogens is 588 g/mol. The van der Waals surface area contributed by atoms with E-state index in [0.29, 0.717) is 32.0 Å². The van der Waals surface area contributed by atoms with E-state index < -0.39 is 34.5 Å². The predicted octanol–water partition coefficient (Wildman–Crippen LogP) is 2.78. The number of halogens is 1. The Morgan fingerprint density at radius 2 is 2.05 bits per heavy atom. The number of aromatic nitrogens is 2. The van der Waals surface area contributed by atoms with Gasteiger partial charge in [0.25, 0.3) is 10.0 Å². The van der Waals surface area contributed by atoms with Gasteiger partial charge >= 0.3 is 5.97 Å². The maximum absolute atomic E-state index is 13.7. The Morgan fingerprint density at radius 1 is 1.20 bits per heavy atom. The van der Waals surface area contributed by atoms with Gasteiger partial charge in [0, 0.05) is 34.2 Å². The van der Waals surface area contributed by atoms with Gasteiger partial charge in [-0.1, -0.05) is 23.7 Å². The summed E-state index contributed by atoms with van der Waals surface area (Å²) in [4.78, 5) is 36.6. The molecule has 214 valence electrons. The molecule has 0 bridgehead atoms. The van der Waals surface area contributed by atoms with Gasteiger partial charge in [0.05, 0.1) is 12.1 Å². The van der Waals surface area contributed by atoms with E-state index >= 15 is 0 Å². The average molecular weight is 615 g/mol. The van der Waals surface area contributed by atoms with Gasteiger partial charge < -0.3 is 20.7 Å². The number of esters is 1. The molecule has 0 aliphatic carbocycles. The van der Waals surface area contributed by atoms with Crippen LogP contribution < -0.4 is 11.1 Å². The van der Waals surface area contributed by atoms with E-state index in [9.17, 15) is 18.0 Å². The summed E-state index contributed by atoms with van der Waals surface area (Å²) in [5.74, 6) is -0.823. The number of thiophene rings is 1. The zero-order valence-corrected chi connectivity index (χ0v) is 24.2. The lowest BCUT2D eigenvalue weighted by Gasteiger charge is -2.39. The van der Waals surface area contributed by atoms with E-state index in [2.05, 4.69) is 15.3 Å². The fraction of sp³-hybridized carbons (Fsp3) is 0.333. The summed E-state index contributed by atoms with van der Waals surface area (Å²) < 4.78 is 34.9. The van der Waals surface area contributed by atoms with Crippen LogP contribution in [0.4, 0.5) is 5.82 Å². The molecule has 4 heterocycles. The van der Waals surface area contributed by atoms with E-state index in [4.69, 9.17) is 22.1 Å². The monoisotopic (exact) mass is 614 g/mol. The number of nitrogens with two attached hydrogens (primary N) is 1. The third-order valence-corrected chi connectivity index (χ3v) is 11.0. The average Bonchev–Trinajstić information content (AvgIpc) is 3.63. The molecule has 3 N–H and O–H groups in total. The van der Waals surface area contributed by atoms with Gasteiger partial charge in [-0.15, -0.1) is 11.3 Å². The molecule has 2 unspecified atom stereocenters. The van der Waals surface area contributed by atoms with E-state index in [-0.39, 0.29) is 29.9 Å². The Labute approximate surface area is 245 Å². The molecule has 1 amide bonds. The second kappa shape index (κ2) is 11.1. The van der Waals surface area contributed by atoms with Gasteiger partial charge in [-0.2, -0.15) is 4.31 Å². The highest BCUT2D eigenvalue weighted by Crippen LogP contribution is 2.34. The van der Waals surface area contributed by atoms with Crippen molar-refractivity contribution in [3.8, 4) is 0 Å². The number of fused-ring (bicyclic) bond motifs is 2. The Hall–Kier alpha value is -3.36. The first kappa shape index (κ1) is 27.8. The first-order valence-corrected chi connectivity index (χ1v) is 15.7. The Bertz CT molecular complexity index is 1760. The van der Waals surface area contributed by atoms with Gasteiger partial charge in [0.1, 0.15) is 29.0 Å². The Kier molecular flexibility index (Phi) is 7.55. The third kappa shape index (κ3) is 5.60. The molecule has 0 spiro atoms. The maximum atomic E-state index is 13.7. The topological polar surface area (TPSA) is 148 Å². The van der Waals surface area contributed by atoms with Crippen LogP contribution in [0, 0.1) is 0 Å². The second-order valence-corrected chi connectivity index (χ2v) is 13.8. The van der Waals surface area contributed by atoms with Gasteiger partial charge in [-0.3, -0.25) is 4.79 Å². The summed E-state index contributed by atoms with van der Waals surface area (Å²) in [5.41, 5.74) is 7.25. The fourth-order valence-electron chi connectivity index (χ4n) is 5.19. The van der Waals surface area contributed by atoms with Crippen molar-refractivity contribution in [2.45, 2.75) is 35.7 Å². The predicted molar refractivity (Wildman–Crippen MR) is 156 cm³/mol. The summed E-state index contributed by atoms with van der Waals surface area (Å²) in [6.07, 6.45) is 3.22. The molecular formula is C27H27ClN6O5S2. The van der Waals surface area contributed by atoms with Crippen molar-refractivity contribution in [1.29, 1.82) is 0 Å². The lowest BCUT2D eigenvalue weighted by Crippen LogP contribution is -2.60. The summed E-state index contributed by atoms with van der Waals surface area (Å²) in [7, 11) is -4.09. The molecule has 0 saturated carbocycles. The molecule has 14 heteroatoms. The van der Waals surface area contributed by atoms with Crippen LogP contribution in [0.2, 0.25) is 5.02 Å². The summed E-state index contributed by atoms with van der Waals surface area (Å²) in [5, 5.41) is 5.16. The number of carbonyl (C=O) groups excluding carboxylic acids is 2. The number of nitrogens with zero attached hydrogens (tertiary/aromatic N) is 4. The zero-order valence-electron chi connectivity index (χ0n) is 21.8. The van der Waals surface area contributed by atoms with Crippen LogP contribution in [-0.2, 0) is 30.9 Å². The summed E-state index contributed by atoms with van der Waals surface area (Å²) in [6, 6.07) is 10.9. The van der Waals surface area contributed by atoms with Crippen LogP contribution in [0.3, 0.4) is 0 Å². The molecule has 6 rings (SSSR count). The van der Waals surface area contributed by atoms with E-state index in [1.165, 1.54) is 11.2 Å². The zero-order chi connectivity index (χ0) is 28.7. The number of carbonyl (C=O) groups is 2. The van der Waals surface area contributed by atoms with Crippen molar-refractivity contribution in [3.63, 3.8) is 0 Å². The first-order chi connectivity index (χ1) is 19.7. The molecule has 4 aromatic rings. The van der Waals surface area contributed by atoms with Gasteiger partial charge in [-0.25, -0.2) is 23.2 Å². The number of hydrogen-bond acceptors (Lipinski definition) is 10. The molecule has 0 radical (unpaired) electrons. The highest BCUT2D eigenvalue weighted by Gasteiger charge is 2.43. The molecule has 2 aromatic heterocycles. The summed E-state index contributed by atoms with van der Waals surface area (Å²) >= 11 is 7.16. The van der Waals surface area contributed by atoms with Crippen LogP contribution >= 0.6 is 22.9 Å². The number of ether oxygens (including phenoxy) is 1. The number of sulfonamides is 1. The van der Waals surface area contributed by atoms with Crippen LogP contribution in [0.1, 0.15) is 18.4 Å². The summed E-state index contributed by atoms with van der Waals surface area (Å²) in [6.45, 7) is 0.415. The Morgan fingerprint density at radius 3 is 2.85 bits per heavy atom. The number of nitrogens with one attached hydrogen (secondary N) is 1. The number of benzene rings is 2. The fourth-order valence-corrected chi connectivity index (χ4v) is 8.41. The number of rotatable bonds is 7. The maximum Gasteiger partial charge on any atom is 0.330 e. The van der Waals surface area contributed by atoms with Crippen molar-refractivity contribution in [2.24, 2.45) is 0 Å². The molecule has 2 saturated heterocycles. The third-order valence-electron chi connectivity index (χ3n) is 7.38. The highest BCUT2D eigenvalue weighted by atomic mass is 35.5. The molecule has 2 aromatic carbocycles. The minimum Gasteiger partial charge on any atom is -0.462 e. The number of anilines is 1. The number of nitrogen functional groups attached to an aromatic ring is 1. The Balaban J connectivity index is 1.29. The largest absolute Gasteiger partial charge is 0.462 e. The molecule has 2 aliphatic heterocycles. The van der Waals surface area contributed by atoms with Crippen LogP contribution in [0.5, 0.6) is 0 Å².